The number of aromatic amines is 1. The summed E-state index contributed by atoms with van der Waals surface area (Å²) < 4.78 is 51.6. The molecule has 5 nitrogen and oxygen atoms in total. The summed E-state index contributed by atoms with van der Waals surface area (Å²) in [4.78, 5) is -0.218. The van der Waals surface area contributed by atoms with Gasteiger partial charge in [-0.15, -0.1) is 0 Å². The van der Waals surface area contributed by atoms with Gasteiger partial charge in [0.1, 0.15) is 11.4 Å². The molecule has 1 heterocycles. The normalized spacial score (nSPS) is 12.3. The monoisotopic (exact) mass is 397 g/mol. The number of hydrogen-bond acceptors (Lipinski definition) is 3. The highest BCUT2D eigenvalue weighted by Gasteiger charge is 2.36. The minimum absolute atomic E-state index is 0.0149. The Balaban J connectivity index is 2.35. The number of nitrogens with zero attached hydrogens (tertiary/aromatic N) is 1. The van der Waals surface area contributed by atoms with Crippen LogP contribution in [0.1, 0.15) is 11.3 Å². The van der Waals surface area contributed by atoms with Crippen LogP contribution in [-0.4, -0.2) is 18.6 Å². The van der Waals surface area contributed by atoms with Crippen molar-refractivity contribution in [2.75, 3.05) is 0 Å². The summed E-state index contributed by atoms with van der Waals surface area (Å²) in [5.41, 5.74) is 0.868. The number of nitrogens with two attached hydrogens (primary N) is 1. The molecule has 2 aromatic carbocycles. The Labute approximate surface area is 153 Å². The Hall–Kier alpha value is -2.29. The van der Waals surface area contributed by atoms with E-state index in [0.29, 0.717) is 5.56 Å². The van der Waals surface area contributed by atoms with Gasteiger partial charge in [0.05, 0.1) is 4.90 Å². The zero-order valence-electron chi connectivity index (χ0n) is 13.5. The maximum atomic E-state index is 13.9. The van der Waals surface area contributed by atoms with Gasteiger partial charge >= 0.3 is 5.38 Å². The van der Waals surface area contributed by atoms with Crippen LogP contribution in [-0.2, 0) is 15.4 Å². The van der Waals surface area contributed by atoms with Crippen LogP contribution in [0, 0.1) is 6.92 Å². The predicted molar refractivity (Wildman–Crippen MR) is 95.3 cm³/mol. The van der Waals surface area contributed by atoms with Gasteiger partial charge in [-0.3, -0.25) is 5.10 Å². The van der Waals surface area contributed by atoms with Crippen molar-refractivity contribution in [1.82, 2.24) is 10.2 Å². The number of hydrogen-bond donors (Lipinski definition) is 2. The molecule has 0 saturated heterocycles. The van der Waals surface area contributed by atoms with Gasteiger partial charge in [0.25, 0.3) is 0 Å². The lowest BCUT2D eigenvalue weighted by atomic mass is 9.98. The minimum atomic E-state index is -4.09. The lowest BCUT2D eigenvalue weighted by Crippen LogP contribution is -2.13. The summed E-state index contributed by atoms with van der Waals surface area (Å²) in [7, 11) is -4.09. The van der Waals surface area contributed by atoms with Crippen molar-refractivity contribution in [3.63, 3.8) is 0 Å². The first-order valence-corrected chi connectivity index (χ1v) is 9.36. The van der Waals surface area contributed by atoms with Crippen LogP contribution >= 0.6 is 11.6 Å². The van der Waals surface area contributed by atoms with E-state index in [4.69, 9.17) is 16.7 Å². The molecule has 0 aliphatic rings. The number of rotatable bonds is 4. The van der Waals surface area contributed by atoms with Crippen LogP contribution in [0.2, 0.25) is 0 Å². The summed E-state index contributed by atoms with van der Waals surface area (Å²) in [6.45, 7) is 1.85. The molecule has 3 N–H and O–H groups in total. The van der Waals surface area contributed by atoms with Crippen molar-refractivity contribution >= 4 is 21.6 Å². The number of aryl methyl sites for hydroxylation is 1. The average molecular weight is 398 g/mol. The van der Waals surface area contributed by atoms with E-state index in [1.165, 1.54) is 18.2 Å². The first kappa shape index (κ1) is 18.5. The van der Waals surface area contributed by atoms with Gasteiger partial charge in [-0.2, -0.15) is 13.9 Å². The maximum absolute atomic E-state index is 13.9. The zero-order chi connectivity index (χ0) is 19.1. The third-order valence-electron chi connectivity index (χ3n) is 3.84. The molecule has 136 valence electrons. The van der Waals surface area contributed by atoms with E-state index in [0.717, 1.165) is 5.56 Å². The molecule has 3 aromatic rings. The number of nitrogens with one attached hydrogen (secondary N) is 1. The first-order chi connectivity index (χ1) is 12.1. The first-order valence-electron chi connectivity index (χ1n) is 7.44. The van der Waals surface area contributed by atoms with E-state index in [2.05, 4.69) is 10.2 Å². The Morgan fingerprint density at radius 1 is 1.12 bits per heavy atom. The molecule has 0 fully saturated rings. The molecule has 26 heavy (non-hydrogen) atoms. The number of benzene rings is 2. The molecular weight excluding hydrogens is 384 g/mol. The molecule has 1 aromatic heterocycles. The highest BCUT2D eigenvalue weighted by atomic mass is 35.5. The van der Waals surface area contributed by atoms with Crippen LogP contribution in [0.25, 0.3) is 22.4 Å². The molecular formula is C17H14ClF2N3O2S. The fraction of sp³-hybridized carbons (Fsp3) is 0.118. The molecule has 0 saturated carbocycles. The lowest BCUT2D eigenvalue weighted by molar-refractivity contribution is 0.0905. The summed E-state index contributed by atoms with van der Waals surface area (Å²) in [6, 6.07) is 12.5. The van der Waals surface area contributed by atoms with Crippen molar-refractivity contribution in [2.45, 2.75) is 17.2 Å². The van der Waals surface area contributed by atoms with Gasteiger partial charge in [-0.25, -0.2) is 13.6 Å². The number of primary sulfonamides is 1. The highest BCUT2D eigenvalue weighted by Crippen LogP contribution is 2.43. The predicted octanol–water partition coefficient (Wildman–Crippen LogP) is 3.99. The summed E-state index contributed by atoms with van der Waals surface area (Å²) in [5, 5.41) is 7.69. The van der Waals surface area contributed by atoms with E-state index in [9.17, 15) is 17.2 Å². The van der Waals surface area contributed by atoms with E-state index in [1.54, 1.807) is 30.3 Å². The van der Waals surface area contributed by atoms with E-state index in [1.807, 2.05) is 6.92 Å². The summed E-state index contributed by atoms with van der Waals surface area (Å²) in [6.07, 6.45) is 0. The highest BCUT2D eigenvalue weighted by molar-refractivity contribution is 7.89. The van der Waals surface area contributed by atoms with Gasteiger partial charge in [0.2, 0.25) is 10.0 Å². The smallest absolute Gasteiger partial charge is 0.274 e. The maximum Gasteiger partial charge on any atom is 0.364 e. The number of alkyl halides is 3. The average Bonchev–Trinajstić information content (AvgIpc) is 3.00. The van der Waals surface area contributed by atoms with Crippen LogP contribution < -0.4 is 5.14 Å². The Kier molecular flexibility index (Phi) is 4.60. The SMILES string of the molecule is Cc1ccc(-c2c(-c3ccccc3S(N)(=O)=O)n[nH]c2C(F)(F)Cl)cc1. The largest absolute Gasteiger partial charge is 0.364 e. The molecule has 0 unspecified atom stereocenters. The lowest BCUT2D eigenvalue weighted by Gasteiger charge is -2.12. The number of H-pyrrole nitrogens is 1. The van der Waals surface area contributed by atoms with Crippen molar-refractivity contribution in [3.05, 3.63) is 59.8 Å². The van der Waals surface area contributed by atoms with Crippen LogP contribution in [0.15, 0.2) is 53.4 Å². The van der Waals surface area contributed by atoms with Gasteiger partial charge in [-0.1, -0.05) is 48.0 Å². The van der Waals surface area contributed by atoms with Crippen molar-refractivity contribution in [2.24, 2.45) is 5.14 Å². The minimum Gasteiger partial charge on any atom is -0.274 e. The molecule has 0 amide bonds. The quantitative estimate of drug-likeness (QED) is 0.652. The standard InChI is InChI=1S/C17H14ClF2N3O2S/c1-10-6-8-11(9-7-10)14-15(22-23-16(14)17(18,19)20)12-4-2-3-5-13(12)26(21,24)25/h2-9H,1H3,(H,22,23)(H2,21,24,25). The number of sulfonamides is 1. The topological polar surface area (TPSA) is 88.8 Å². The third-order valence-corrected chi connectivity index (χ3v) is 5.00. The molecule has 3 rings (SSSR count). The molecule has 0 aliphatic heterocycles. The Morgan fingerprint density at radius 3 is 2.31 bits per heavy atom. The van der Waals surface area contributed by atoms with E-state index < -0.39 is 21.1 Å². The fourth-order valence-corrected chi connectivity index (χ4v) is 3.53. The summed E-state index contributed by atoms with van der Waals surface area (Å²) in [5.74, 6) is 0. The number of halogens is 3. The van der Waals surface area contributed by atoms with E-state index >= 15 is 0 Å². The van der Waals surface area contributed by atoms with Crippen molar-refractivity contribution in [3.8, 4) is 22.4 Å². The number of aromatic nitrogens is 2. The molecule has 0 spiro atoms. The second-order valence-electron chi connectivity index (χ2n) is 5.73. The van der Waals surface area contributed by atoms with Gasteiger partial charge in [-0.05, 0) is 30.2 Å². The second-order valence-corrected chi connectivity index (χ2v) is 7.73. The molecule has 0 bridgehead atoms. The molecule has 0 aliphatic carbocycles. The van der Waals surface area contributed by atoms with Crippen LogP contribution in [0.4, 0.5) is 8.78 Å². The molecule has 0 atom stereocenters. The van der Waals surface area contributed by atoms with E-state index in [-0.39, 0.29) is 21.7 Å². The van der Waals surface area contributed by atoms with Gasteiger partial charge in [0, 0.05) is 11.1 Å². The zero-order valence-corrected chi connectivity index (χ0v) is 15.1. The van der Waals surface area contributed by atoms with Crippen molar-refractivity contribution in [1.29, 1.82) is 0 Å². The molecule has 9 heteroatoms. The summed E-state index contributed by atoms with van der Waals surface area (Å²) >= 11 is 5.23. The Bertz CT molecular complexity index is 1060. The fourth-order valence-electron chi connectivity index (χ4n) is 2.65. The Morgan fingerprint density at radius 2 is 1.73 bits per heavy atom. The third kappa shape index (κ3) is 3.48. The van der Waals surface area contributed by atoms with Gasteiger partial charge < -0.3 is 0 Å². The van der Waals surface area contributed by atoms with Crippen LogP contribution in [0.5, 0.6) is 0 Å². The van der Waals surface area contributed by atoms with Gasteiger partial charge in [0.15, 0.2) is 0 Å². The van der Waals surface area contributed by atoms with Crippen molar-refractivity contribution < 1.29 is 17.2 Å². The van der Waals surface area contributed by atoms with Crippen LogP contribution in [0.3, 0.4) is 0 Å². The molecule has 0 radical (unpaired) electrons. The second kappa shape index (κ2) is 6.46.